The first-order chi connectivity index (χ1) is 10.3. The third-order valence-electron chi connectivity index (χ3n) is 4.02. The van der Waals surface area contributed by atoms with Crippen molar-refractivity contribution in [3.8, 4) is 0 Å². The van der Waals surface area contributed by atoms with E-state index in [-0.39, 0.29) is 12.1 Å². The first-order valence-electron chi connectivity index (χ1n) is 8.03. The van der Waals surface area contributed by atoms with E-state index in [9.17, 15) is 4.79 Å². The fraction of sp³-hybridized carbons (Fsp3) is 0.611. The Morgan fingerprint density at radius 2 is 2.05 bits per heavy atom. The van der Waals surface area contributed by atoms with Gasteiger partial charge in [-0.2, -0.15) is 0 Å². The van der Waals surface area contributed by atoms with E-state index in [0.29, 0.717) is 6.54 Å². The first kappa shape index (κ1) is 16.8. The Bertz CT molecular complexity index is 534. The van der Waals surface area contributed by atoms with Crippen LogP contribution < -0.4 is 5.32 Å². The Morgan fingerprint density at radius 3 is 2.68 bits per heavy atom. The Kier molecular flexibility index (Phi) is 5.12. The molecular formula is C18H28N2O2. The lowest BCUT2D eigenvalue weighted by molar-refractivity contribution is 0.0122. The van der Waals surface area contributed by atoms with Crippen LogP contribution in [0.25, 0.3) is 0 Å². The molecule has 0 aliphatic carbocycles. The largest absolute Gasteiger partial charge is 0.444 e. The minimum absolute atomic E-state index is 0.144. The molecule has 0 saturated carbocycles. The van der Waals surface area contributed by atoms with Crippen LogP contribution >= 0.6 is 0 Å². The summed E-state index contributed by atoms with van der Waals surface area (Å²) in [6.45, 7) is 12.3. The van der Waals surface area contributed by atoms with Gasteiger partial charge in [0.05, 0.1) is 6.04 Å². The van der Waals surface area contributed by atoms with Crippen LogP contribution in [0.15, 0.2) is 18.2 Å². The van der Waals surface area contributed by atoms with Gasteiger partial charge in [-0.05, 0) is 57.7 Å². The van der Waals surface area contributed by atoms with Gasteiger partial charge < -0.3 is 15.0 Å². The van der Waals surface area contributed by atoms with Crippen molar-refractivity contribution >= 4 is 6.09 Å². The van der Waals surface area contributed by atoms with Gasteiger partial charge in [-0.25, -0.2) is 4.79 Å². The number of nitrogens with one attached hydrogen (secondary N) is 1. The summed E-state index contributed by atoms with van der Waals surface area (Å²) in [6, 6.07) is 6.67. The molecule has 122 valence electrons. The standard InChI is InChI=1S/C18H28N2O2/c1-13-6-7-15(10-14(13)2)11-16-12-19-8-9-20(16)17(21)22-18(3,4)5/h6-7,10,16,19H,8-9,11-12H2,1-5H3/t16-/m1/s1. The van der Waals surface area contributed by atoms with Crippen molar-refractivity contribution in [1.29, 1.82) is 0 Å². The number of rotatable bonds is 2. The molecule has 1 N–H and O–H groups in total. The van der Waals surface area contributed by atoms with Gasteiger partial charge in [-0.15, -0.1) is 0 Å². The lowest BCUT2D eigenvalue weighted by Crippen LogP contribution is -2.55. The summed E-state index contributed by atoms with van der Waals surface area (Å²) in [6.07, 6.45) is 0.649. The third-order valence-corrected chi connectivity index (χ3v) is 4.02. The van der Waals surface area contributed by atoms with Gasteiger partial charge in [0.25, 0.3) is 0 Å². The number of aryl methyl sites for hydroxylation is 2. The van der Waals surface area contributed by atoms with E-state index in [0.717, 1.165) is 19.5 Å². The topological polar surface area (TPSA) is 41.6 Å². The van der Waals surface area contributed by atoms with Gasteiger partial charge in [0, 0.05) is 19.6 Å². The van der Waals surface area contributed by atoms with Gasteiger partial charge in [0.15, 0.2) is 0 Å². The molecule has 1 heterocycles. The molecule has 1 amide bonds. The zero-order valence-electron chi connectivity index (χ0n) is 14.4. The number of carbonyl (C=O) groups is 1. The van der Waals surface area contributed by atoms with Crippen LogP contribution in [0.3, 0.4) is 0 Å². The van der Waals surface area contributed by atoms with Crippen LogP contribution in [0.5, 0.6) is 0 Å². The molecule has 1 aromatic carbocycles. The molecule has 1 saturated heterocycles. The van der Waals surface area contributed by atoms with Crippen LogP contribution in [0.1, 0.15) is 37.5 Å². The maximum Gasteiger partial charge on any atom is 0.410 e. The zero-order chi connectivity index (χ0) is 16.3. The Balaban J connectivity index is 2.09. The molecule has 1 aliphatic rings. The quantitative estimate of drug-likeness (QED) is 0.913. The Morgan fingerprint density at radius 1 is 1.32 bits per heavy atom. The van der Waals surface area contributed by atoms with Crippen molar-refractivity contribution in [2.24, 2.45) is 0 Å². The molecule has 1 fully saturated rings. The summed E-state index contributed by atoms with van der Waals surface area (Å²) in [4.78, 5) is 14.3. The predicted molar refractivity (Wildman–Crippen MR) is 89.2 cm³/mol. The second kappa shape index (κ2) is 6.69. The number of benzene rings is 1. The summed E-state index contributed by atoms with van der Waals surface area (Å²) >= 11 is 0. The number of hydrogen-bond donors (Lipinski definition) is 1. The monoisotopic (exact) mass is 304 g/mol. The second-order valence-electron chi connectivity index (χ2n) is 7.15. The van der Waals surface area contributed by atoms with E-state index in [1.54, 1.807) is 0 Å². The Hall–Kier alpha value is -1.55. The molecule has 4 nitrogen and oxygen atoms in total. The lowest BCUT2D eigenvalue weighted by Gasteiger charge is -2.37. The smallest absolute Gasteiger partial charge is 0.410 e. The van der Waals surface area contributed by atoms with Crippen LogP contribution in [-0.4, -0.2) is 42.3 Å². The van der Waals surface area contributed by atoms with Crippen LogP contribution in [0.4, 0.5) is 4.79 Å². The van der Waals surface area contributed by atoms with Crippen LogP contribution in [-0.2, 0) is 11.2 Å². The van der Waals surface area contributed by atoms with E-state index >= 15 is 0 Å². The molecule has 2 rings (SSSR count). The molecule has 22 heavy (non-hydrogen) atoms. The van der Waals surface area contributed by atoms with E-state index < -0.39 is 5.60 Å². The second-order valence-corrected chi connectivity index (χ2v) is 7.15. The molecule has 1 atom stereocenters. The highest BCUT2D eigenvalue weighted by atomic mass is 16.6. The summed E-state index contributed by atoms with van der Waals surface area (Å²) in [7, 11) is 0. The van der Waals surface area contributed by atoms with E-state index in [4.69, 9.17) is 4.74 Å². The minimum atomic E-state index is -0.451. The van der Waals surface area contributed by atoms with Gasteiger partial charge in [0.1, 0.15) is 5.60 Å². The normalized spacial score (nSPS) is 19.1. The molecule has 1 aliphatic heterocycles. The Labute approximate surface area is 133 Å². The number of nitrogens with zero attached hydrogens (tertiary/aromatic N) is 1. The van der Waals surface area contributed by atoms with Crippen LogP contribution in [0, 0.1) is 13.8 Å². The summed E-state index contributed by atoms with van der Waals surface area (Å²) in [5.74, 6) is 0. The van der Waals surface area contributed by atoms with Gasteiger partial charge in [0.2, 0.25) is 0 Å². The average molecular weight is 304 g/mol. The van der Waals surface area contributed by atoms with Crippen molar-refractivity contribution in [3.63, 3.8) is 0 Å². The number of carbonyl (C=O) groups excluding carboxylic acids is 1. The predicted octanol–water partition coefficient (Wildman–Crippen LogP) is 3.05. The highest BCUT2D eigenvalue weighted by Crippen LogP contribution is 2.18. The molecule has 1 aromatic rings. The zero-order valence-corrected chi connectivity index (χ0v) is 14.4. The summed E-state index contributed by atoms with van der Waals surface area (Å²) in [5.41, 5.74) is 3.41. The number of ether oxygens (including phenoxy) is 1. The minimum Gasteiger partial charge on any atom is -0.444 e. The maximum atomic E-state index is 12.4. The molecule has 0 unspecified atom stereocenters. The SMILES string of the molecule is Cc1ccc(C[C@@H]2CNCCN2C(=O)OC(C)(C)C)cc1C. The fourth-order valence-electron chi connectivity index (χ4n) is 2.71. The van der Waals surface area contributed by atoms with Gasteiger partial charge in [-0.3, -0.25) is 0 Å². The van der Waals surface area contributed by atoms with E-state index in [2.05, 4.69) is 37.4 Å². The first-order valence-corrected chi connectivity index (χ1v) is 8.03. The van der Waals surface area contributed by atoms with E-state index in [1.807, 2.05) is 25.7 Å². The highest BCUT2D eigenvalue weighted by molar-refractivity contribution is 5.68. The third kappa shape index (κ3) is 4.47. The van der Waals surface area contributed by atoms with Gasteiger partial charge in [-0.1, -0.05) is 18.2 Å². The summed E-state index contributed by atoms with van der Waals surface area (Å²) < 4.78 is 5.55. The lowest BCUT2D eigenvalue weighted by atomic mass is 9.99. The molecular weight excluding hydrogens is 276 g/mol. The highest BCUT2D eigenvalue weighted by Gasteiger charge is 2.30. The average Bonchev–Trinajstić information content (AvgIpc) is 2.41. The number of piperazine rings is 1. The van der Waals surface area contributed by atoms with E-state index in [1.165, 1.54) is 16.7 Å². The van der Waals surface area contributed by atoms with Crippen molar-refractivity contribution in [1.82, 2.24) is 10.2 Å². The summed E-state index contributed by atoms with van der Waals surface area (Å²) in [5, 5.41) is 3.38. The van der Waals surface area contributed by atoms with Crippen molar-refractivity contribution in [2.75, 3.05) is 19.6 Å². The molecule has 0 radical (unpaired) electrons. The molecule has 0 bridgehead atoms. The fourth-order valence-corrected chi connectivity index (χ4v) is 2.71. The van der Waals surface area contributed by atoms with Crippen LogP contribution in [0.2, 0.25) is 0 Å². The van der Waals surface area contributed by atoms with Crippen molar-refractivity contribution in [2.45, 2.75) is 52.7 Å². The molecule has 0 spiro atoms. The maximum absolute atomic E-state index is 12.4. The number of amides is 1. The van der Waals surface area contributed by atoms with Crippen molar-refractivity contribution in [3.05, 3.63) is 34.9 Å². The molecule has 0 aromatic heterocycles. The molecule has 4 heteroatoms. The van der Waals surface area contributed by atoms with Crippen molar-refractivity contribution < 1.29 is 9.53 Å². The number of hydrogen-bond acceptors (Lipinski definition) is 3. The van der Waals surface area contributed by atoms with Gasteiger partial charge >= 0.3 is 6.09 Å².